The van der Waals surface area contributed by atoms with E-state index in [0.29, 0.717) is 87.6 Å². The van der Waals surface area contributed by atoms with Crippen molar-refractivity contribution in [2.45, 2.75) is 127 Å². The molecule has 7 N–H and O–H groups in total. The number of aldehydes is 1. The summed E-state index contributed by atoms with van der Waals surface area (Å²) in [6.45, 7) is -1.06. The highest BCUT2D eigenvalue weighted by Gasteiger charge is 2.37. The smallest absolute Gasteiger partial charge is 0.325 e. The topological polar surface area (TPSA) is 354 Å². The van der Waals surface area contributed by atoms with Crippen LogP contribution in [-0.2, 0) is 117 Å². The second-order valence-corrected chi connectivity index (χ2v) is 26.0. The first-order chi connectivity index (χ1) is 52.2. The molecule has 8 amide bonds. The molecule has 7 aromatic rings. The number of anilines is 4. The van der Waals surface area contributed by atoms with E-state index < -0.39 is 79.4 Å². The Labute approximate surface area is 626 Å². The minimum atomic E-state index is -1.23. The largest absolute Gasteiger partial charge is 0.481 e. The van der Waals surface area contributed by atoms with Crippen molar-refractivity contribution in [2.24, 2.45) is 0 Å². The average Bonchev–Trinajstić information content (AvgIpc) is 1.64. The first-order valence-corrected chi connectivity index (χ1v) is 35.7. The molecule has 5 atom stereocenters. The third-order valence-electron chi connectivity index (χ3n) is 18.5. The van der Waals surface area contributed by atoms with Crippen LogP contribution in [0.3, 0.4) is 0 Å². The zero-order valence-electron chi connectivity index (χ0n) is 60.6. The van der Waals surface area contributed by atoms with Crippen LogP contribution in [0.25, 0.3) is 0 Å². The Morgan fingerprint density at radius 3 is 0.981 bits per heavy atom. The lowest BCUT2D eigenvalue weighted by atomic mass is 10.1. The Bertz CT molecular complexity index is 4300. The van der Waals surface area contributed by atoms with Crippen molar-refractivity contribution in [1.29, 1.82) is 0 Å². The number of para-hydroxylation sites is 4. The highest BCUT2D eigenvalue weighted by atomic mass is 16.5. The summed E-state index contributed by atoms with van der Waals surface area (Å²) in [5.74, 6) is -5.74. The third-order valence-corrected chi connectivity index (χ3v) is 18.5. The fraction of sp³-hybridized carbons (Fsp3) is 0.329. The number of methoxy groups -OCH3 is 2. The molecule has 0 aliphatic carbocycles. The zero-order chi connectivity index (χ0) is 77.5. The van der Waals surface area contributed by atoms with Gasteiger partial charge in [0, 0.05) is 42.0 Å². The molecule has 4 aliphatic heterocycles. The molecule has 0 unspecified atom stereocenters. The van der Waals surface area contributed by atoms with Gasteiger partial charge in [-0.3, -0.25) is 72.2 Å². The highest BCUT2D eigenvalue weighted by molar-refractivity contribution is 6.06. The van der Waals surface area contributed by atoms with Gasteiger partial charge in [-0.25, -0.2) is 0 Å². The number of hydrogen-bond acceptors (Lipinski definition) is 16. The number of carboxylic acids is 2. The molecule has 566 valence electrons. The van der Waals surface area contributed by atoms with Gasteiger partial charge in [0.2, 0.25) is 47.3 Å². The number of carbonyl (C=O) groups excluding carboxylic acids is 11. The van der Waals surface area contributed by atoms with Crippen molar-refractivity contribution in [3.8, 4) is 0 Å². The molecule has 4 aliphatic rings. The Balaban J connectivity index is 0.000000185. The molecule has 0 spiro atoms. The summed E-state index contributed by atoms with van der Waals surface area (Å²) in [5, 5.41) is 31.9. The maximum atomic E-state index is 13.4. The van der Waals surface area contributed by atoms with E-state index in [1.54, 1.807) is 31.3 Å². The van der Waals surface area contributed by atoms with Crippen LogP contribution in [-0.4, -0.2) is 165 Å². The highest BCUT2D eigenvalue weighted by Crippen LogP contribution is 2.31. The summed E-state index contributed by atoms with van der Waals surface area (Å²) in [5.41, 5.74) is 9.60. The maximum absolute atomic E-state index is 13.4. The third kappa shape index (κ3) is 24.2. The van der Waals surface area contributed by atoms with E-state index in [-0.39, 0.29) is 67.4 Å². The lowest BCUT2D eigenvalue weighted by molar-refractivity contribution is -0.140. The van der Waals surface area contributed by atoms with Crippen LogP contribution in [0.2, 0.25) is 0 Å². The van der Waals surface area contributed by atoms with E-state index in [9.17, 15) is 67.4 Å². The van der Waals surface area contributed by atoms with Gasteiger partial charge in [-0.15, -0.1) is 0 Å². The number of likely N-dealkylation sites (N-methyl/N-ethyl adjacent to an activating group) is 1. The van der Waals surface area contributed by atoms with Crippen molar-refractivity contribution in [3.05, 3.63) is 227 Å². The Hall–Kier alpha value is -12.2. The quantitative estimate of drug-likeness (QED) is 0.0241. The van der Waals surface area contributed by atoms with Gasteiger partial charge in [0.1, 0.15) is 50.6 Å². The van der Waals surface area contributed by atoms with E-state index in [2.05, 4.69) is 31.3 Å². The molecule has 0 bridgehead atoms. The van der Waals surface area contributed by atoms with Crippen molar-refractivity contribution < 1.29 is 82.0 Å². The number of aryl methyl sites for hydroxylation is 7. The van der Waals surface area contributed by atoms with Gasteiger partial charge in [0.15, 0.2) is 0 Å². The molecule has 4 heterocycles. The number of nitrogens with one attached hydrogen (secondary N) is 5. The van der Waals surface area contributed by atoms with Crippen molar-refractivity contribution in [2.75, 3.05) is 67.0 Å². The molecule has 26 heteroatoms. The Kier molecular flexibility index (Phi) is 31.3. The molecule has 7 aromatic carbocycles. The second-order valence-electron chi connectivity index (χ2n) is 26.0. The summed E-state index contributed by atoms with van der Waals surface area (Å²) in [4.78, 5) is 164. The summed E-state index contributed by atoms with van der Waals surface area (Å²) in [6.07, 6.45) is 6.95. The van der Waals surface area contributed by atoms with Gasteiger partial charge in [-0.1, -0.05) is 164 Å². The number of fused-ring (bicyclic) bond motifs is 4. The number of carboxylic acid groups (broad SMARTS) is 2. The van der Waals surface area contributed by atoms with E-state index in [0.717, 1.165) is 57.5 Å². The molecule has 0 saturated heterocycles. The van der Waals surface area contributed by atoms with E-state index in [4.69, 9.17) is 9.84 Å². The summed E-state index contributed by atoms with van der Waals surface area (Å²) in [7, 11) is 4.38. The van der Waals surface area contributed by atoms with Gasteiger partial charge < -0.3 is 56.0 Å². The number of esters is 2. The number of rotatable bonds is 25. The Morgan fingerprint density at radius 1 is 0.398 bits per heavy atom. The first-order valence-electron chi connectivity index (χ1n) is 35.7. The number of hydrogen-bond donors (Lipinski definition) is 7. The molecule has 0 radical (unpaired) electrons. The number of aliphatic carboxylic acids is 2. The summed E-state index contributed by atoms with van der Waals surface area (Å²) >= 11 is 0. The van der Waals surface area contributed by atoms with E-state index in [1.165, 1.54) is 33.8 Å². The summed E-state index contributed by atoms with van der Waals surface area (Å²) in [6, 6.07) is 54.9. The molecular weight excluding hydrogens is 1380 g/mol. The lowest BCUT2D eigenvalue weighted by Crippen LogP contribution is -2.51. The van der Waals surface area contributed by atoms with Gasteiger partial charge in [-0.05, 0) is 141 Å². The van der Waals surface area contributed by atoms with Crippen molar-refractivity contribution in [1.82, 2.24) is 26.6 Å². The number of carbonyl (C=O) groups is 13. The van der Waals surface area contributed by atoms with Gasteiger partial charge in [0.05, 0.1) is 32.7 Å². The van der Waals surface area contributed by atoms with E-state index >= 15 is 0 Å². The fourth-order valence-electron chi connectivity index (χ4n) is 12.9. The fourth-order valence-corrected chi connectivity index (χ4v) is 12.9. The van der Waals surface area contributed by atoms with Crippen LogP contribution in [0, 0.1) is 0 Å². The molecular formula is C82H91N9O17. The van der Waals surface area contributed by atoms with Gasteiger partial charge in [-0.2, -0.15) is 0 Å². The Morgan fingerprint density at radius 2 is 0.685 bits per heavy atom. The molecule has 0 fully saturated rings. The molecule has 26 nitrogen and oxygen atoms in total. The number of nitrogens with zero attached hydrogens (tertiary/aromatic N) is 4. The van der Waals surface area contributed by atoms with Crippen LogP contribution in [0.1, 0.15) is 90.3 Å². The molecule has 11 rings (SSSR count). The molecule has 0 aromatic heterocycles. The van der Waals surface area contributed by atoms with Crippen LogP contribution in [0.5, 0.6) is 0 Å². The first kappa shape index (κ1) is 81.5. The van der Waals surface area contributed by atoms with Crippen molar-refractivity contribution >= 4 is 100 Å². The van der Waals surface area contributed by atoms with Gasteiger partial charge >= 0.3 is 23.9 Å². The molecule has 108 heavy (non-hydrogen) atoms. The number of benzene rings is 7. The summed E-state index contributed by atoms with van der Waals surface area (Å²) < 4.78 is 9.41. The lowest BCUT2D eigenvalue weighted by Gasteiger charge is -2.26. The second kappa shape index (κ2) is 41.5. The monoisotopic (exact) mass is 1470 g/mol. The van der Waals surface area contributed by atoms with Crippen molar-refractivity contribution in [3.63, 3.8) is 0 Å². The molecule has 0 saturated carbocycles. The van der Waals surface area contributed by atoms with Crippen LogP contribution >= 0.6 is 0 Å². The maximum Gasteiger partial charge on any atom is 0.325 e. The minimum absolute atomic E-state index is 0.0511. The predicted molar refractivity (Wildman–Crippen MR) is 403 cm³/mol. The average molecular weight is 1470 g/mol. The number of ether oxygens (including phenoxy) is 2. The normalized spacial score (nSPS) is 16.6. The van der Waals surface area contributed by atoms with Gasteiger partial charge in [0.25, 0.3) is 0 Å². The van der Waals surface area contributed by atoms with Crippen LogP contribution < -0.4 is 46.2 Å². The number of amides is 8. The minimum Gasteiger partial charge on any atom is -0.481 e. The predicted octanol–water partition coefficient (Wildman–Crippen LogP) is 6.39. The van der Waals surface area contributed by atoms with Crippen LogP contribution in [0.15, 0.2) is 188 Å². The SMILES string of the molecule is CN[C@H]1CCc2ccccc2N(CC(=O)OC)C1=O.COC(=O)CN1C(=O)[C@@H](NC(=O)CCc2ccccc2)CCc2ccccc21.O=C(O)CN1C(=O)[C@@H](NC(=O)CCc2ccccc2)CCc2ccccc21.O=C[C@H](CC(=O)O)NC(=O)CN1C(=O)[C@@H](NC(=O)CCc2ccccc2)CCc2ccccc21. The van der Waals surface area contributed by atoms with E-state index in [1.807, 2.05) is 164 Å². The zero-order valence-corrected chi connectivity index (χ0v) is 60.6. The van der Waals surface area contributed by atoms with Crippen LogP contribution in [0.4, 0.5) is 22.7 Å². The standard InChI is InChI=1S/C25H27N3O6.C22H24N2O4.C21H22N2O4.C14H18N2O3/c29-16-19(14-24(32)33)26-23(31)15-28-21-9-5-4-8-18(21)11-12-20(25(28)34)27-22(30)13-10-17-6-2-1-3-7-17;1-28-21(26)15-24-19-10-6-5-9-17(19)12-13-18(22(24)27)23-20(25)14-11-16-7-3-2-4-8-16;24-19(13-10-15-6-2-1-3-7-15)22-17-12-11-16-8-4-5-9-18(16)23(21(17)27)14-20(25)26;1-15-11-8-7-10-5-3-4-6-12(10)16(14(11)18)9-13(17)19-2/h1-9,16,19-20H,10-15H2,(H,26,31)(H,27,30)(H,32,33);2-10,18H,11-15H2,1H3,(H,23,25);1-9,17H,10-14H2,(H,22,24)(H,25,26);3-6,11,15H,7-9H2,1-2H3/t19-,20-;18-;17-;11-/m0000/s1.